The molecule has 4 heteroatoms. The summed E-state index contributed by atoms with van der Waals surface area (Å²) in [6.07, 6.45) is 1.08. The number of rotatable bonds is 6. The summed E-state index contributed by atoms with van der Waals surface area (Å²) in [4.78, 5) is 2.54. The summed E-state index contributed by atoms with van der Waals surface area (Å²) in [7, 11) is 0.300. The van der Waals surface area contributed by atoms with Crippen LogP contribution in [-0.2, 0) is 4.43 Å². The van der Waals surface area contributed by atoms with Crippen LogP contribution in [-0.4, -0.2) is 50.7 Å². The maximum absolute atomic E-state index is 5.69. The molecule has 0 atom stereocenters. The fourth-order valence-electron chi connectivity index (χ4n) is 1.74. The van der Waals surface area contributed by atoms with Crippen molar-refractivity contribution in [1.29, 1.82) is 0 Å². The Kier molecular flexibility index (Phi) is 6.54. The van der Waals surface area contributed by atoms with E-state index in [1.807, 2.05) is 7.11 Å². The summed E-state index contributed by atoms with van der Waals surface area (Å²) in [6, 6.07) is 0. The lowest BCUT2D eigenvalue weighted by Gasteiger charge is -2.40. The van der Waals surface area contributed by atoms with Gasteiger partial charge in [0, 0.05) is 37.4 Å². The second-order valence-corrected chi connectivity index (χ2v) is 12.0. The Morgan fingerprint density at radius 1 is 1.06 bits per heavy atom. The van der Waals surface area contributed by atoms with Gasteiger partial charge in [-0.1, -0.05) is 0 Å². The highest BCUT2D eigenvalue weighted by Crippen LogP contribution is 2.16. The van der Waals surface area contributed by atoms with Crippen LogP contribution in [0.2, 0.25) is 13.1 Å². The Bertz CT molecular complexity index is 241. The number of nitrogens with one attached hydrogen (secondary N) is 1. The minimum absolute atomic E-state index is 0.192. The van der Waals surface area contributed by atoms with Crippen molar-refractivity contribution < 1.29 is 4.43 Å². The predicted octanol–water partition coefficient (Wildman–Crippen LogP) is 2.87. The van der Waals surface area contributed by atoms with Crippen LogP contribution in [0.3, 0.4) is 0 Å². The lowest BCUT2D eigenvalue weighted by molar-refractivity contribution is 0.149. The minimum Gasteiger partial charge on any atom is -0.419 e. The molecule has 0 saturated heterocycles. The average Bonchev–Trinajstić information content (AvgIpc) is 2.12. The summed E-state index contributed by atoms with van der Waals surface area (Å²) < 4.78 is 5.69. The van der Waals surface area contributed by atoms with Gasteiger partial charge >= 0.3 is 0 Å². The van der Waals surface area contributed by atoms with E-state index in [4.69, 9.17) is 4.43 Å². The van der Waals surface area contributed by atoms with E-state index in [1.54, 1.807) is 0 Å². The molecule has 3 nitrogen and oxygen atoms in total. The first-order chi connectivity index (χ1) is 7.87. The normalized spacial score (nSPS) is 14.3. The van der Waals surface area contributed by atoms with E-state index in [9.17, 15) is 0 Å². The van der Waals surface area contributed by atoms with Gasteiger partial charge in [0.2, 0.25) is 0 Å². The van der Waals surface area contributed by atoms with E-state index in [1.165, 1.54) is 0 Å². The quantitative estimate of drug-likeness (QED) is 0.754. The lowest BCUT2D eigenvalue weighted by atomic mass is 10.1. The van der Waals surface area contributed by atoms with Gasteiger partial charge in [0.1, 0.15) is 0 Å². The van der Waals surface area contributed by atoms with E-state index in [0.717, 1.165) is 19.3 Å². The molecule has 0 aromatic rings. The molecule has 1 N–H and O–H groups in total. The van der Waals surface area contributed by atoms with Crippen LogP contribution in [0.5, 0.6) is 0 Å². The molecule has 0 aliphatic carbocycles. The third kappa shape index (κ3) is 8.24. The van der Waals surface area contributed by atoms with Crippen molar-refractivity contribution >= 4 is 8.32 Å². The Hall–Kier alpha value is 0.0969. The fraction of sp³-hybridized carbons (Fsp3) is 1.00. The minimum atomic E-state index is -1.55. The zero-order valence-corrected chi connectivity index (χ0v) is 15.0. The molecule has 0 amide bonds. The molecule has 0 spiro atoms. The first-order valence-corrected chi connectivity index (χ1v) is 10.0. The van der Waals surface area contributed by atoms with Gasteiger partial charge < -0.3 is 9.74 Å². The van der Waals surface area contributed by atoms with Crippen molar-refractivity contribution in [2.75, 3.05) is 26.4 Å². The molecule has 110 valence electrons. The van der Waals surface area contributed by atoms with Gasteiger partial charge in [-0.05, 0) is 54.6 Å². The van der Waals surface area contributed by atoms with Gasteiger partial charge in [0.15, 0.2) is 8.32 Å². The number of nitrogens with zero attached hydrogens (tertiary/aromatic N) is 1. The summed E-state index contributed by atoms with van der Waals surface area (Å²) in [6.45, 7) is 20.1. The van der Waals surface area contributed by atoms with E-state index in [0.29, 0.717) is 0 Å². The third-order valence-electron chi connectivity index (χ3n) is 3.11. The molecule has 0 aliphatic rings. The van der Waals surface area contributed by atoms with Crippen LogP contribution in [0.4, 0.5) is 0 Å². The summed E-state index contributed by atoms with van der Waals surface area (Å²) in [5.41, 5.74) is 0.389. The molecule has 0 radical (unpaired) electrons. The van der Waals surface area contributed by atoms with Gasteiger partial charge in [-0.2, -0.15) is 0 Å². The standard InChI is InChI=1S/C14H34N2OSi/c1-13(2,3)15-10-11-16(14(4,5)6)12-18(8,9)17-7/h15H,10-12H2,1-9H3. The Morgan fingerprint density at radius 2 is 1.56 bits per heavy atom. The Morgan fingerprint density at radius 3 is 1.89 bits per heavy atom. The first-order valence-electron chi connectivity index (χ1n) is 6.93. The molecular weight excluding hydrogens is 240 g/mol. The van der Waals surface area contributed by atoms with Crippen LogP contribution in [0, 0.1) is 0 Å². The molecule has 0 fully saturated rings. The van der Waals surface area contributed by atoms with Gasteiger partial charge in [-0.25, -0.2) is 0 Å². The number of hydrogen-bond acceptors (Lipinski definition) is 3. The van der Waals surface area contributed by atoms with Crippen molar-refractivity contribution in [1.82, 2.24) is 10.2 Å². The summed E-state index contributed by atoms with van der Waals surface area (Å²) in [5.74, 6) is 0. The smallest absolute Gasteiger partial charge is 0.199 e. The second kappa shape index (κ2) is 6.50. The molecule has 0 aromatic carbocycles. The second-order valence-electron chi connectivity index (χ2n) is 7.73. The van der Waals surface area contributed by atoms with Crippen LogP contribution in [0.25, 0.3) is 0 Å². The molecule has 0 unspecified atom stereocenters. The van der Waals surface area contributed by atoms with Gasteiger partial charge in [0.25, 0.3) is 0 Å². The van der Waals surface area contributed by atoms with Gasteiger partial charge in [-0.15, -0.1) is 0 Å². The Labute approximate surface area is 115 Å². The van der Waals surface area contributed by atoms with Crippen molar-refractivity contribution in [3.05, 3.63) is 0 Å². The lowest BCUT2D eigenvalue weighted by Crippen LogP contribution is -2.54. The number of hydrogen-bond donors (Lipinski definition) is 1. The molecule has 0 heterocycles. The monoisotopic (exact) mass is 274 g/mol. The zero-order valence-electron chi connectivity index (χ0n) is 14.0. The molecule has 0 aromatic heterocycles. The van der Waals surface area contributed by atoms with Crippen molar-refractivity contribution in [3.63, 3.8) is 0 Å². The maximum atomic E-state index is 5.69. The van der Waals surface area contributed by atoms with Crippen LogP contribution >= 0.6 is 0 Å². The largest absolute Gasteiger partial charge is 0.419 e. The zero-order chi connectivity index (χ0) is 14.6. The van der Waals surface area contributed by atoms with E-state index in [-0.39, 0.29) is 11.1 Å². The summed E-state index contributed by atoms with van der Waals surface area (Å²) in [5, 5.41) is 3.56. The van der Waals surface area contributed by atoms with Gasteiger partial charge in [-0.3, -0.25) is 4.90 Å². The maximum Gasteiger partial charge on any atom is 0.199 e. The van der Waals surface area contributed by atoms with Crippen molar-refractivity contribution in [3.8, 4) is 0 Å². The third-order valence-corrected chi connectivity index (χ3v) is 5.36. The van der Waals surface area contributed by atoms with Crippen LogP contribution in [0.15, 0.2) is 0 Å². The van der Waals surface area contributed by atoms with E-state index < -0.39 is 8.32 Å². The Balaban J connectivity index is 4.44. The highest BCUT2D eigenvalue weighted by Gasteiger charge is 2.30. The van der Waals surface area contributed by atoms with Crippen LogP contribution < -0.4 is 5.32 Å². The fourth-order valence-corrected chi connectivity index (χ4v) is 3.42. The first kappa shape index (κ1) is 18.1. The van der Waals surface area contributed by atoms with Gasteiger partial charge in [0.05, 0.1) is 0 Å². The highest BCUT2D eigenvalue weighted by molar-refractivity contribution is 6.71. The molecule has 0 aliphatic heterocycles. The average molecular weight is 275 g/mol. The molecule has 18 heavy (non-hydrogen) atoms. The molecular formula is C14H34N2OSi. The van der Waals surface area contributed by atoms with E-state index >= 15 is 0 Å². The molecule has 0 bridgehead atoms. The van der Waals surface area contributed by atoms with E-state index in [2.05, 4.69) is 64.9 Å². The predicted molar refractivity (Wildman–Crippen MR) is 83.6 cm³/mol. The topological polar surface area (TPSA) is 24.5 Å². The molecule has 0 saturated carbocycles. The van der Waals surface area contributed by atoms with Crippen molar-refractivity contribution in [2.45, 2.75) is 65.7 Å². The summed E-state index contributed by atoms with van der Waals surface area (Å²) >= 11 is 0. The van der Waals surface area contributed by atoms with Crippen molar-refractivity contribution in [2.24, 2.45) is 0 Å². The highest BCUT2D eigenvalue weighted by atomic mass is 28.4. The molecule has 0 rings (SSSR count). The van der Waals surface area contributed by atoms with Crippen LogP contribution in [0.1, 0.15) is 41.5 Å². The SMILES string of the molecule is CO[Si](C)(C)CN(CCNC(C)(C)C)C(C)(C)C.